The molecule has 0 unspecified atom stereocenters. The number of alkyl halides is 3. The first-order valence-electron chi connectivity index (χ1n) is 10.9. The summed E-state index contributed by atoms with van der Waals surface area (Å²) < 4.78 is 57.1. The number of nitrogens with one attached hydrogen (secondary N) is 2. The molecule has 4 aromatic rings. The first kappa shape index (κ1) is 25.5. The van der Waals surface area contributed by atoms with E-state index < -0.39 is 34.6 Å². The molecule has 0 spiro atoms. The maximum Gasteiger partial charge on any atom is 0.417 e. The van der Waals surface area contributed by atoms with Crippen LogP contribution in [0.4, 0.5) is 28.9 Å². The molecule has 0 radical (unpaired) electrons. The van der Waals surface area contributed by atoms with Crippen molar-refractivity contribution in [2.45, 2.75) is 20.0 Å². The molecule has 0 aliphatic carbocycles. The molecule has 2 aromatic carbocycles. The number of halogens is 4. The minimum Gasteiger partial charge on any atom is -0.326 e. The second kappa shape index (κ2) is 9.80. The van der Waals surface area contributed by atoms with Gasteiger partial charge in [-0.25, -0.2) is 14.4 Å². The molecule has 37 heavy (non-hydrogen) atoms. The third-order valence-corrected chi connectivity index (χ3v) is 5.26. The van der Waals surface area contributed by atoms with Crippen LogP contribution in [0.1, 0.15) is 28.7 Å². The second-order valence-electron chi connectivity index (χ2n) is 8.15. The van der Waals surface area contributed by atoms with Crippen LogP contribution in [0, 0.1) is 12.7 Å². The zero-order valence-electron chi connectivity index (χ0n) is 19.8. The number of carbonyl (C=O) groups excluding carboxylic acids is 2. The van der Waals surface area contributed by atoms with Crippen LogP contribution in [0.2, 0.25) is 0 Å². The maximum atomic E-state index is 14.8. The van der Waals surface area contributed by atoms with E-state index in [-0.39, 0.29) is 29.0 Å². The van der Waals surface area contributed by atoms with Gasteiger partial charge in [0, 0.05) is 37.0 Å². The predicted molar refractivity (Wildman–Crippen MR) is 128 cm³/mol. The van der Waals surface area contributed by atoms with Crippen molar-refractivity contribution in [3.63, 3.8) is 0 Å². The fourth-order valence-corrected chi connectivity index (χ4v) is 3.67. The summed E-state index contributed by atoms with van der Waals surface area (Å²) in [5.41, 5.74) is -1.04. The number of hydrogen-bond donors (Lipinski definition) is 2. The average Bonchev–Trinajstić information content (AvgIpc) is 3.25. The number of amides is 2. The quantitative estimate of drug-likeness (QED) is 0.357. The molecule has 0 aliphatic rings. The molecule has 4 rings (SSSR count). The molecule has 2 amide bonds. The van der Waals surface area contributed by atoms with Crippen molar-refractivity contribution < 1.29 is 27.2 Å². The lowest BCUT2D eigenvalue weighted by atomic mass is 9.99. The molecule has 2 heterocycles. The van der Waals surface area contributed by atoms with E-state index in [4.69, 9.17) is 0 Å². The topological polar surface area (TPSA) is 102 Å². The Bertz CT molecular complexity index is 1510. The zero-order chi connectivity index (χ0) is 26.9. The number of nitrogens with zero attached hydrogens (tertiary/aromatic N) is 4. The van der Waals surface area contributed by atoms with Gasteiger partial charge < -0.3 is 10.6 Å². The normalized spacial score (nSPS) is 11.3. The van der Waals surface area contributed by atoms with Gasteiger partial charge in [-0.05, 0) is 37.3 Å². The fourth-order valence-electron chi connectivity index (χ4n) is 3.67. The van der Waals surface area contributed by atoms with Crippen LogP contribution >= 0.6 is 0 Å². The largest absolute Gasteiger partial charge is 0.417 e. The Kier molecular flexibility index (Phi) is 6.75. The van der Waals surface area contributed by atoms with Crippen LogP contribution in [-0.2, 0) is 18.0 Å². The molecule has 8 nitrogen and oxygen atoms in total. The predicted octanol–water partition coefficient (Wildman–Crippen LogP) is 5.22. The summed E-state index contributed by atoms with van der Waals surface area (Å²) >= 11 is 0. The van der Waals surface area contributed by atoms with Gasteiger partial charge >= 0.3 is 6.18 Å². The summed E-state index contributed by atoms with van der Waals surface area (Å²) in [6, 6.07) is 9.06. The van der Waals surface area contributed by atoms with Crippen LogP contribution in [0.25, 0.3) is 22.5 Å². The molecule has 0 fully saturated rings. The lowest BCUT2D eigenvalue weighted by Gasteiger charge is -2.15. The molecular formula is C25H20F4N6O2. The van der Waals surface area contributed by atoms with Gasteiger partial charge in [0.05, 0.1) is 34.4 Å². The number of anilines is 2. The first-order valence-corrected chi connectivity index (χ1v) is 10.9. The van der Waals surface area contributed by atoms with Crippen LogP contribution in [0.15, 0.2) is 54.9 Å². The van der Waals surface area contributed by atoms with E-state index in [9.17, 15) is 27.2 Å². The average molecular weight is 512 g/mol. The lowest BCUT2D eigenvalue weighted by molar-refractivity contribution is -0.137. The highest BCUT2D eigenvalue weighted by molar-refractivity contribution is 6.07. The fraction of sp³-hybridized carbons (Fsp3) is 0.160. The maximum absolute atomic E-state index is 14.8. The van der Waals surface area contributed by atoms with Crippen molar-refractivity contribution in [1.82, 2.24) is 19.7 Å². The molecule has 0 saturated heterocycles. The number of aromatic nitrogens is 4. The van der Waals surface area contributed by atoms with Crippen molar-refractivity contribution in [3.8, 4) is 22.5 Å². The summed E-state index contributed by atoms with van der Waals surface area (Å²) in [6.07, 6.45) is -2.13. The summed E-state index contributed by atoms with van der Waals surface area (Å²) in [5, 5.41) is 9.12. The standard InChI is InChI=1S/C25H20F4N6O2/c1-13-30-12-22(23(31-13)15-5-4-6-16(9-15)32-14(2)36)33-24(37)18-10-17(21-7-8-35(3)34-21)19(11-20(18)26)25(27,28)29/h4-12H,1-3H3,(H,32,36)(H,33,37). The van der Waals surface area contributed by atoms with E-state index in [0.29, 0.717) is 17.1 Å². The molecule has 0 aliphatic heterocycles. The Morgan fingerprint density at radius 1 is 1.05 bits per heavy atom. The third kappa shape index (κ3) is 5.63. The van der Waals surface area contributed by atoms with Crippen molar-refractivity contribution in [3.05, 3.63) is 77.6 Å². The molecule has 0 saturated carbocycles. The van der Waals surface area contributed by atoms with E-state index in [1.807, 2.05) is 0 Å². The van der Waals surface area contributed by atoms with Gasteiger partial charge in [0.25, 0.3) is 5.91 Å². The second-order valence-corrected chi connectivity index (χ2v) is 8.15. The highest BCUT2D eigenvalue weighted by Gasteiger charge is 2.36. The lowest BCUT2D eigenvalue weighted by Crippen LogP contribution is -2.17. The van der Waals surface area contributed by atoms with Gasteiger partial charge in [-0.2, -0.15) is 18.3 Å². The van der Waals surface area contributed by atoms with Crippen LogP contribution in [0.3, 0.4) is 0 Å². The minimum absolute atomic E-state index is 0.0713. The van der Waals surface area contributed by atoms with Crippen molar-refractivity contribution in [2.24, 2.45) is 7.05 Å². The Morgan fingerprint density at radius 3 is 2.46 bits per heavy atom. The Hall–Kier alpha value is -4.61. The van der Waals surface area contributed by atoms with Crippen LogP contribution in [0.5, 0.6) is 0 Å². The van der Waals surface area contributed by atoms with E-state index >= 15 is 0 Å². The van der Waals surface area contributed by atoms with Gasteiger partial charge in [0.15, 0.2) is 0 Å². The first-order chi connectivity index (χ1) is 17.4. The van der Waals surface area contributed by atoms with Crippen LogP contribution in [-0.4, -0.2) is 31.6 Å². The van der Waals surface area contributed by atoms with E-state index in [2.05, 4.69) is 25.7 Å². The highest BCUT2D eigenvalue weighted by atomic mass is 19.4. The number of aryl methyl sites for hydroxylation is 2. The van der Waals surface area contributed by atoms with Crippen molar-refractivity contribution in [1.29, 1.82) is 0 Å². The van der Waals surface area contributed by atoms with Gasteiger partial charge in [-0.15, -0.1) is 0 Å². The van der Waals surface area contributed by atoms with Crippen molar-refractivity contribution >= 4 is 23.2 Å². The van der Waals surface area contributed by atoms with Crippen molar-refractivity contribution in [2.75, 3.05) is 10.6 Å². The molecule has 0 bridgehead atoms. The number of hydrogen-bond acceptors (Lipinski definition) is 5. The highest BCUT2D eigenvalue weighted by Crippen LogP contribution is 2.38. The van der Waals surface area contributed by atoms with Crippen LogP contribution < -0.4 is 10.6 Å². The minimum atomic E-state index is -4.88. The number of carbonyl (C=O) groups is 2. The Morgan fingerprint density at radius 2 is 1.81 bits per heavy atom. The molecule has 12 heteroatoms. The van der Waals surface area contributed by atoms with Gasteiger partial charge in [0.2, 0.25) is 5.91 Å². The SMILES string of the molecule is CC(=O)Nc1cccc(-c2nc(C)ncc2NC(=O)c2cc(-c3ccn(C)n3)c(C(F)(F)F)cc2F)c1. The number of benzene rings is 2. The molecule has 2 N–H and O–H groups in total. The van der Waals surface area contributed by atoms with Gasteiger partial charge in [-0.1, -0.05) is 12.1 Å². The summed E-state index contributed by atoms with van der Waals surface area (Å²) in [6.45, 7) is 2.98. The Balaban J connectivity index is 1.75. The smallest absolute Gasteiger partial charge is 0.326 e. The molecule has 190 valence electrons. The zero-order valence-corrected chi connectivity index (χ0v) is 19.8. The third-order valence-electron chi connectivity index (χ3n) is 5.26. The van der Waals surface area contributed by atoms with E-state index in [0.717, 1.165) is 6.07 Å². The van der Waals surface area contributed by atoms with Gasteiger partial charge in [0.1, 0.15) is 11.6 Å². The Labute approximate surface area is 208 Å². The molecule has 0 atom stereocenters. The van der Waals surface area contributed by atoms with E-state index in [1.165, 1.54) is 37.1 Å². The van der Waals surface area contributed by atoms with Gasteiger partial charge in [-0.3, -0.25) is 14.3 Å². The molecule has 2 aromatic heterocycles. The summed E-state index contributed by atoms with van der Waals surface area (Å²) in [5.74, 6) is -2.27. The van der Waals surface area contributed by atoms with E-state index in [1.54, 1.807) is 31.2 Å². The number of rotatable bonds is 5. The molecular weight excluding hydrogens is 492 g/mol. The monoisotopic (exact) mass is 512 g/mol. The summed E-state index contributed by atoms with van der Waals surface area (Å²) in [4.78, 5) is 32.9. The summed E-state index contributed by atoms with van der Waals surface area (Å²) in [7, 11) is 1.52.